The summed E-state index contributed by atoms with van der Waals surface area (Å²) in [4.78, 5) is 16.9. The van der Waals surface area contributed by atoms with Gasteiger partial charge in [0.1, 0.15) is 17.5 Å². The molecule has 9 heteroatoms. The predicted octanol–water partition coefficient (Wildman–Crippen LogP) is 3.17. The van der Waals surface area contributed by atoms with Crippen molar-refractivity contribution >= 4 is 15.9 Å². The van der Waals surface area contributed by atoms with Gasteiger partial charge in [0.2, 0.25) is 10.0 Å². The molecule has 0 bridgehead atoms. The molecule has 2 aromatic carbocycles. The number of nitrogens with one attached hydrogen (secondary N) is 2. The van der Waals surface area contributed by atoms with Crippen molar-refractivity contribution in [3.63, 3.8) is 0 Å². The molecule has 0 aliphatic carbocycles. The van der Waals surface area contributed by atoms with Crippen LogP contribution in [0.3, 0.4) is 0 Å². The molecule has 8 nitrogen and oxygen atoms in total. The van der Waals surface area contributed by atoms with Crippen LogP contribution in [-0.4, -0.2) is 42.7 Å². The summed E-state index contributed by atoms with van der Waals surface area (Å²) < 4.78 is 35.0. The van der Waals surface area contributed by atoms with E-state index in [0.29, 0.717) is 29.8 Å². The number of amides is 1. The van der Waals surface area contributed by atoms with E-state index in [1.165, 1.54) is 0 Å². The first kappa shape index (κ1) is 25.8. The molecule has 3 N–H and O–H groups in total. The molecule has 0 saturated carbocycles. The Morgan fingerprint density at radius 3 is 2.42 bits per heavy atom. The number of nitrogens with zero attached hydrogens (tertiary/aromatic N) is 1. The molecule has 3 aromatic rings. The zero-order valence-corrected chi connectivity index (χ0v) is 21.4. The van der Waals surface area contributed by atoms with E-state index in [9.17, 15) is 18.3 Å². The fourth-order valence-electron chi connectivity index (χ4n) is 4.18. The average Bonchev–Trinajstić information content (AvgIpc) is 2.87. The number of hydrogen-bond acceptors (Lipinski definition) is 6. The maximum atomic E-state index is 13.2. The smallest absolute Gasteiger partial charge is 0.251 e. The molecule has 190 valence electrons. The summed E-state index contributed by atoms with van der Waals surface area (Å²) in [5.74, 6) is 0.107. The van der Waals surface area contributed by atoms with Crippen LogP contribution in [0.2, 0.25) is 0 Å². The van der Waals surface area contributed by atoms with Crippen LogP contribution in [0.15, 0.2) is 71.9 Å². The van der Waals surface area contributed by atoms with Crippen LogP contribution >= 0.6 is 0 Å². The quantitative estimate of drug-likeness (QED) is 0.429. The third kappa shape index (κ3) is 5.59. The van der Waals surface area contributed by atoms with Gasteiger partial charge in [-0.1, -0.05) is 19.1 Å². The lowest BCUT2D eigenvalue weighted by Crippen LogP contribution is -2.53. The molecule has 1 aliphatic rings. The highest BCUT2D eigenvalue weighted by Crippen LogP contribution is 2.41. The average molecular weight is 510 g/mol. The Kier molecular flexibility index (Phi) is 7.44. The fraction of sp³-hybridized carbons (Fsp3) is 0.333. The molecule has 0 radical (unpaired) electrons. The number of carbonyl (C=O) groups excluding carboxylic acids is 1. The number of sulfonamides is 1. The van der Waals surface area contributed by atoms with E-state index in [2.05, 4.69) is 15.0 Å². The minimum absolute atomic E-state index is 0.0998. The van der Waals surface area contributed by atoms with Crippen molar-refractivity contribution in [2.45, 2.75) is 56.3 Å². The SMILES string of the molecule is CCc1ccc(S(=O)(=O)N[C@@H]2c3cc(C(=O)NCCc4ccncc4)ccc3OC(C)(C)[C@H]2O)cc1. The molecule has 0 saturated heterocycles. The Labute approximate surface area is 211 Å². The van der Waals surface area contributed by atoms with Gasteiger partial charge in [-0.15, -0.1) is 0 Å². The summed E-state index contributed by atoms with van der Waals surface area (Å²) in [5, 5.41) is 14.0. The van der Waals surface area contributed by atoms with E-state index >= 15 is 0 Å². The second kappa shape index (κ2) is 10.4. The van der Waals surface area contributed by atoms with Gasteiger partial charge in [0.15, 0.2) is 0 Å². The van der Waals surface area contributed by atoms with Crippen LogP contribution < -0.4 is 14.8 Å². The second-order valence-corrected chi connectivity index (χ2v) is 11.1. The van der Waals surface area contributed by atoms with E-state index in [4.69, 9.17) is 4.74 Å². The molecule has 1 aliphatic heterocycles. The highest BCUT2D eigenvalue weighted by Gasteiger charge is 2.44. The Hall–Kier alpha value is -3.27. The predicted molar refractivity (Wildman–Crippen MR) is 136 cm³/mol. The van der Waals surface area contributed by atoms with Gasteiger partial charge in [0.05, 0.1) is 10.9 Å². The minimum atomic E-state index is -3.96. The number of aliphatic hydroxyl groups excluding tert-OH is 1. The molecule has 2 atom stereocenters. The zero-order chi connectivity index (χ0) is 25.9. The van der Waals surface area contributed by atoms with Crippen molar-refractivity contribution < 1.29 is 23.1 Å². The van der Waals surface area contributed by atoms with Gasteiger partial charge in [-0.25, -0.2) is 13.1 Å². The molecule has 0 fully saturated rings. The van der Waals surface area contributed by atoms with Crippen molar-refractivity contribution in [3.05, 3.63) is 89.2 Å². The largest absolute Gasteiger partial charge is 0.485 e. The maximum absolute atomic E-state index is 13.2. The number of pyridine rings is 1. The standard InChI is InChI=1S/C27H31N3O5S/c1-4-18-5-8-21(9-6-18)36(33,34)30-24-22-17-20(7-10-23(22)35-27(2,3)25(24)31)26(32)29-16-13-19-11-14-28-15-12-19/h5-12,14-15,17,24-25,30-31H,4,13,16H2,1-3H3,(H,29,32)/t24-,25+/m1/s1. The van der Waals surface area contributed by atoms with Gasteiger partial charge in [-0.05, 0) is 80.3 Å². The maximum Gasteiger partial charge on any atom is 0.251 e. The van der Waals surface area contributed by atoms with E-state index in [-0.39, 0.29) is 10.8 Å². The van der Waals surface area contributed by atoms with E-state index in [0.717, 1.165) is 17.5 Å². The number of carbonyl (C=O) groups is 1. The molecule has 36 heavy (non-hydrogen) atoms. The number of fused-ring (bicyclic) bond motifs is 1. The van der Waals surface area contributed by atoms with Crippen LogP contribution in [0.5, 0.6) is 5.75 Å². The molecular formula is C27H31N3O5S. The number of rotatable bonds is 8. The van der Waals surface area contributed by atoms with Gasteiger partial charge in [-0.2, -0.15) is 0 Å². The number of aromatic nitrogens is 1. The van der Waals surface area contributed by atoms with Crippen molar-refractivity contribution in [2.75, 3.05) is 6.54 Å². The van der Waals surface area contributed by atoms with Crippen molar-refractivity contribution in [2.24, 2.45) is 0 Å². The monoisotopic (exact) mass is 509 g/mol. The van der Waals surface area contributed by atoms with E-state index in [1.807, 2.05) is 19.1 Å². The fourth-order valence-corrected chi connectivity index (χ4v) is 5.40. The third-order valence-corrected chi connectivity index (χ3v) is 7.84. The summed E-state index contributed by atoms with van der Waals surface area (Å²) in [6, 6.07) is 14.2. The Balaban J connectivity index is 1.58. The first-order valence-corrected chi connectivity index (χ1v) is 13.4. The van der Waals surface area contributed by atoms with E-state index < -0.39 is 27.8 Å². The molecule has 0 unspecified atom stereocenters. The summed E-state index contributed by atoms with van der Waals surface area (Å²) in [5.41, 5.74) is 1.76. The second-order valence-electron chi connectivity index (χ2n) is 9.36. The lowest BCUT2D eigenvalue weighted by molar-refractivity contribution is -0.0603. The lowest BCUT2D eigenvalue weighted by Gasteiger charge is -2.42. The van der Waals surface area contributed by atoms with Crippen molar-refractivity contribution in [1.29, 1.82) is 0 Å². The molecule has 1 aromatic heterocycles. The Morgan fingerprint density at radius 1 is 1.06 bits per heavy atom. The van der Waals surface area contributed by atoms with Gasteiger partial charge in [0, 0.05) is 30.1 Å². The zero-order valence-electron chi connectivity index (χ0n) is 20.6. The van der Waals surface area contributed by atoms with Crippen molar-refractivity contribution in [1.82, 2.24) is 15.0 Å². The normalized spacial score (nSPS) is 18.7. The van der Waals surface area contributed by atoms with Crippen LogP contribution in [0.4, 0.5) is 0 Å². The molecule has 0 spiro atoms. The first-order valence-electron chi connectivity index (χ1n) is 11.9. The number of aliphatic hydroxyl groups is 1. The van der Waals surface area contributed by atoms with Gasteiger partial charge >= 0.3 is 0 Å². The molecule has 1 amide bonds. The van der Waals surface area contributed by atoms with Crippen LogP contribution in [0.1, 0.15) is 53.9 Å². The summed E-state index contributed by atoms with van der Waals surface area (Å²) in [6.07, 6.45) is 3.65. The number of aryl methyl sites for hydroxylation is 1. The number of ether oxygens (including phenoxy) is 1. The third-order valence-electron chi connectivity index (χ3n) is 6.38. The summed E-state index contributed by atoms with van der Waals surface area (Å²) in [7, 11) is -3.96. The molecule has 4 rings (SSSR count). The Bertz CT molecular complexity index is 1330. The topological polar surface area (TPSA) is 118 Å². The van der Waals surface area contributed by atoms with E-state index in [1.54, 1.807) is 68.7 Å². The first-order chi connectivity index (χ1) is 17.1. The Morgan fingerprint density at radius 2 is 1.75 bits per heavy atom. The van der Waals surface area contributed by atoms with Crippen LogP contribution in [-0.2, 0) is 22.9 Å². The highest BCUT2D eigenvalue weighted by molar-refractivity contribution is 7.89. The molecular weight excluding hydrogens is 478 g/mol. The lowest BCUT2D eigenvalue weighted by atomic mass is 9.86. The minimum Gasteiger partial charge on any atom is -0.485 e. The van der Waals surface area contributed by atoms with Gasteiger partial charge < -0.3 is 15.2 Å². The van der Waals surface area contributed by atoms with Crippen molar-refractivity contribution in [3.8, 4) is 5.75 Å². The van der Waals surface area contributed by atoms with Gasteiger partial charge in [-0.3, -0.25) is 9.78 Å². The highest BCUT2D eigenvalue weighted by atomic mass is 32.2. The van der Waals surface area contributed by atoms with Gasteiger partial charge in [0.25, 0.3) is 5.91 Å². The number of hydrogen-bond donors (Lipinski definition) is 3. The number of benzene rings is 2. The van der Waals surface area contributed by atoms with Crippen LogP contribution in [0.25, 0.3) is 0 Å². The van der Waals surface area contributed by atoms with Crippen LogP contribution in [0, 0.1) is 0 Å². The summed E-state index contributed by atoms with van der Waals surface area (Å²) in [6.45, 7) is 5.80. The summed E-state index contributed by atoms with van der Waals surface area (Å²) >= 11 is 0. The molecule has 2 heterocycles.